The van der Waals surface area contributed by atoms with Crippen molar-refractivity contribution in [2.24, 2.45) is 0 Å². The molecule has 0 aliphatic rings. The fraction of sp³-hybridized carbons (Fsp3) is 0. The molecule has 0 unspecified atom stereocenters. The Hall–Kier alpha value is -0.707. The Morgan fingerprint density at radius 3 is 1.10 bits per heavy atom. The quantitative estimate of drug-likeness (QED) is 0.493. The van der Waals surface area contributed by atoms with Crippen molar-refractivity contribution in [3.63, 3.8) is 0 Å². The summed E-state index contributed by atoms with van der Waals surface area (Å²) in [5.74, 6) is 0.125. The third kappa shape index (κ3) is 2.26. The Morgan fingerprint density at radius 1 is 0.700 bits per heavy atom. The second-order valence-electron chi connectivity index (χ2n) is 1.41. The Bertz CT molecular complexity index is 174. The fourth-order valence-corrected chi connectivity index (χ4v) is 0.427. The second kappa shape index (κ2) is 3.46. The molecule has 0 saturated heterocycles. The molecule has 0 atom stereocenters. The molecule has 10 heavy (non-hydrogen) atoms. The maximum Gasteiger partial charge on any atom is 0.226 e. The topological polar surface area (TPSA) is 117 Å². The van der Waals surface area contributed by atoms with Gasteiger partial charge in [0, 0.05) is 26.2 Å². The first-order valence-electron chi connectivity index (χ1n) is 2.21. The van der Waals surface area contributed by atoms with Crippen molar-refractivity contribution in [2.45, 2.75) is 0 Å². The van der Waals surface area contributed by atoms with E-state index in [2.05, 4.69) is 15.0 Å². The summed E-state index contributed by atoms with van der Waals surface area (Å²) in [6.07, 6.45) is 0. The molecule has 0 fully saturated rings. The van der Waals surface area contributed by atoms with Gasteiger partial charge in [0.15, 0.2) is 0 Å². The van der Waals surface area contributed by atoms with E-state index in [1.54, 1.807) is 0 Å². The average Bonchev–Trinajstić information content (AvgIpc) is 1.59. The molecule has 1 aromatic rings. The molecular weight excluding hydrogens is 211 g/mol. The molecule has 52 valence electrons. The normalized spacial score (nSPS) is 8.40. The SMILES string of the molecule is Nc1nc(N)nc(N)n1.[Zr]. The Balaban J connectivity index is 0.000000810. The Labute approximate surface area is 76.4 Å². The molecule has 6 nitrogen and oxygen atoms in total. The van der Waals surface area contributed by atoms with Crippen molar-refractivity contribution in [2.75, 3.05) is 17.2 Å². The predicted molar refractivity (Wildman–Crippen MR) is 33.1 cm³/mol. The summed E-state index contributed by atoms with van der Waals surface area (Å²) >= 11 is 0. The van der Waals surface area contributed by atoms with Crippen molar-refractivity contribution in [3.8, 4) is 0 Å². The molecule has 0 bridgehead atoms. The van der Waals surface area contributed by atoms with Gasteiger partial charge in [-0.3, -0.25) is 0 Å². The molecule has 0 aliphatic heterocycles. The number of anilines is 3. The second-order valence-corrected chi connectivity index (χ2v) is 1.41. The molecule has 1 rings (SSSR count). The number of nitrogens with two attached hydrogens (primary N) is 3. The van der Waals surface area contributed by atoms with Gasteiger partial charge in [0.25, 0.3) is 0 Å². The first-order chi connectivity index (χ1) is 4.18. The minimum absolute atomic E-state index is 0. The average molecular weight is 217 g/mol. The van der Waals surface area contributed by atoms with Crippen molar-refractivity contribution in [3.05, 3.63) is 0 Å². The molecule has 0 amide bonds. The summed E-state index contributed by atoms with van der Waals surface area (Å²) in [7, 11) is 0. The van der Waals surface area contributed by atoms with Crippen LogP contribution in [0.5, 0.6) is 0 Å². The molecule has 1 heterocycles. The van der Waals surface area contributed by atoms with Crippen molar-refractivity contribution < 1.29 is 26.2 Å². The van der Waals surface area contributed by atoms with E-state index in [9.17, 15) is 0 Å². The zero-order valence-electron chi connectivity index (χ0n) is 5.07. The molecule has 6 N–H and O–H groups in total. The van der Waals surface area contributed by atoms with Crippen LogP contribution < -0.4 is 17.2 Å². The monoisotopic (exact) mass is 216 g/mol. The minimum atomic E-state index is 0. The molecule has 0 radical (unpaired) electrons. The number of aromatic nitrogens is 3. The van der Waals surface area contributed by atoms with Crippen LogP contribution in [-0.2, 0) is 26.2 Å². The van der Waals surface area contributed by atoms with E-state index in [-0.39, 0.29) is 44.0 Å². The minimum Gasteiger partial charge on any atom is -0.368 e. The van der Waals surface area contributed by atoms with Gasteiger partial charge in [-0.2, -0.15) is 15.0 Å². The zero-order valence-corrected chi connectivity index (χ0v) is 7.53. The van der Waals surface area contributed by atoms with E-state index in [1.165, 1.54) is 0 Å². The summed E-state index contributed by atoms with van der Waals surface area (Å²) < 4.78 is 0. The standard InChI is InChI=1S/C3H6N6.Zr/c4-1-7-2(5)9-3(6)8-1;/h(H6,4,5,6,7,8,9);. The van der Waals surface area contributed by atoms with Crippen LogP contribution in [0.4, 0.5) is 17.8 Å². The fourth-order valence-electron chi connectivity index (χ4n) is 0.427. The zero-order chi connectivity index (χ0) is 6.85. The van der Waals surface area contributed by atoms with Gasteiger partial charge in [0.2, 0.25) is 17.8 Å². The van der Waals surface area contributed by atoms with Gasteiger partial charge in [-0.25, -0.2) is 0 Å². The number of nitrogen functional groups attached to an aromatic ring is 3. The van der Waals surface area contributed by atoms with Gasteiger partial charge in [0.05, 0.1) is 0 Å². The number of rotatable bonds is 0. The van der Waals surface area contributed by atoms with Crippen LogP contribution in [0, 0.1) is 0 Å². The first kappa shape index (κ1) is 9.29. The summed E-state index contributed by atoms with van der Waals surface area (Å²) in [5.41, 5.74) is 15.4. The molecule has 7 heteroatoms. The third-order valence-corrected chi connectivity index (χ3v) is 0.687. The van der Waals surface area contributed by atoms with Crippen LogP contribution in [0.3, 0.4) is 0 Å². The van der Waals surface area contributed by atoms with Gasteiger partial charge in [0.1, 0.15) is 0 Å². The van der Waals surface area contributed by atoms with Crippen LogP contribution in [-0.4, -0.2) is 15.0 Å². The summed E-state index contributed by atoms with van der Waals surface area (Å²) in [5, 5.41) is 0. The van der Waals surface area contributed by atoms with Crippen molar-refractivity contribution in [1.82, 2.24) is 15.0 Å². The van der Waals surface area contributed by atoms with E-state index in [0.29, 0.717) is 0 Å². The van der Waals surface area contributed by atoms with E-state index >= 15 is 0 Å². The van der Waals surface area contributed by atoms with Crippen LogP contribution in [0.2, 0.25) is 0 Å². The first-order valence-corrected chi connectivity index (χ1v) is 2.21. The predicted octanol–water partition coefficient (Wildman–Crippen LogP) is -1.38. The van der Waals surface area contributed by atoms with Crippen LogP contribution in [0.25, 0.3) is 0 Å². The molecule has 0 aromatic carbocycles. The van der Waals surface area contributed by atoms with E-state index in [4.69, 9.17) is 17.2 Å². The van der Waals surface area contributed by atoms with Gasteiger partial charge in [-0.15, -0.1) is 0 Å². The maximum atomic E-state index is 5.14. The van der Waals surface area contributed by atoms with Crippen molar-refractivity contribution in [1.29, 1.82) is 0 Å². The molecular formula is C3H6N6Zr. The van der Waals surface area contributed by atoms with Gasteiger partial charge < -0.3 is 17.2 Å². The van der Waals surface area contributed by atoms with Gasteiger partial charge in [-0.05, 0) is 0 Å². The van der Waals surface area contributed by atoms with Gasteiger partial charge >= 0.3 is 0 Å². The number of nitrogens with zero attached hydrogens (tertiary/aromatic N) is 3. The van der Waals surface area contributed by atoms with E-state index in [1.807, 2.05) is 0 Å². The molecule has 0 spiro atoms. The molecule has 0 saturated carbocycles. The molecule has 1 aromatic heterocycles. The van der Waals surface area contributed by atoms with E-state index in [0.717, 1.165) is 0 Å². The Morgan fingerprint density at radius 2 is 0.900 bits per heavy atom. The summed E-state index contributed by atoms with van der Waals surface area (Å²) in [4.78, 5) is 10.5. The summed E-state index contributed by atoms with van der Waals surface area (Å²) in [6, 6.07) is 0. The van der Waals surface area contributed by atoms with Gasteiger partial charge in [-0.1, -0.05) is 0 Å². The van der Waals surface area contributed by atoms with Crippen LogP contribution in [0.15, 0.2) is 0 Å². The molecule has 0 aliphatic carbocycles. The maximum absolute atomic E-state index is 5.14. The largest absolute Gasteiger partial charge is 0.368 e. The van der Waals surface area contributed by atoms with Crippen molar-refractivity contribution >= 4 is 17.8 Å². The van der Waals surface area contributed by atoms with Crippen LogP contribution >= 0.6 is 0 Å². The smallest absolute Gasteiger partial charge is 0.226 e. The summed E-state index contributed by atoms with van der Waals surface area (Å²) in [6.45, 7) is 0. The Kier molecular flexibility index (Phi) is 3.21. The number of hydrogen-bond donors (Lipinski definition) is 3. The van der Waals surface area contributed by atoms with E-state index < -0.39 is 0 Å². The third-order valence-electron chi connectivity index (χ3n) is 0.687. The number of hydrogen-bond acceptors (Lipinski definition) is 6. The van der Waals surface area contributed by atoms with Crippen LogP contribution in [0.1, 0.15) is 0 Å².